The quantitative estimate of drug-likeness (QED) is 0.164. The van der Waals surface area contributed by atoms with Crippen molar-refractivity contribution in [3.8, 4) is 0 Å². The number of aliphatic hydroxyl groups is 1. The average Bonchev–Trinajstić information content (AvgIpc) is 2.61. The molecule has 0 aliphatic carbocycles. The highest BCUT2D eigenvalue weighted by Crippen LogP contribution is 2.06. The zero-order chi connectivity index (χ0) is 21.1. The highest BCUT2D eigenvalue weighted by molar-refractivity contribution is 7.80. The van der Waals surface area contributed by atoms with E-state index in [0.717, 1.165) is 0 Å². The summed E-state index contributed by atoms with van der Waals surface area (Å²) in [7, 11) is 0. The number of hydrogen-bond donors (Lipinski definition) is 8. The Bertz CT molecular complexity index is 534. The Balaban J connectivity index is 5.10. The van der Waals surface area contributed by atoms with Gasteiger partial charge in [-0.05, 0) is 12.3 Å². The van der Waals surface area contributed by atoms with Crippen molar-refractivity contribution >= 4 is 48.9 Å². The van der Waals surface area contributed by atoms with Crippen molar-refractivity contribution in [2.45, 2.75) is 44.4 Å². The first-order chi connectivity index (χ1) is 12.6. The summed E-state index contributed by atoms with van der Waals surface area (Å²) in [6, 6.07) is -4.48. The highest BCUT2D eigenvalue weighted by atomic mass is 32.1. The average molecular weight is 425 g/mol. The topological polar surface area (TPSA) is 171 Å². The molecule has 0 rings (SSSR count). The van der Waals surface area contributed by atoms with Crippen LogP contribution in [0, 0.1) is 5.92 Å². The monoisotopic (exact) mass is 424 g/mol. The lowest BCUT2D eigenvalue weighted by Crippen LogP contribution is -2.58. The van der Waals surface area contributed by atoms with E-state index in [9.17, 15) is 19.2 Å². The molecule has 0 saturated carbocycles. The molecule has 4 atom stereocenters. The van der Waals surface area contributed by atoms with E-state index in [2.05, 4.69) is 41.2 Å². The molecule has 3 amide bonds. The first-order valence-corrected chi connectivity index (χ1v) is 9.55. The van der Waals surface area contributed by atoms with E-state index >= 15 is 0 Å². The molecule has 0 spiro atoms. The van der Waals surface area contributed by atoms with Gasteiger partial charge in [0.25, 0.3) is 0 Å². The first-order valence-electron chi connectivity index (χ1n) is 8.29. The van der Waals surface area contributed by atoms with E-state index in [1.54, 1.807) is 0 Å². The normalized spacial score (nSPS) is 15.4. The Hall–Kier alpha value is -1.50. The summed E-state index contributed by atoms with van der Waals surface area (Å²) < 4.78 is 0. The van der Waals surface area contributed by atoms with Crippen LogP contribution in [-0.4, -0.2) is 76.2 Å². The van der Waals surface area contributed by atoms with Crippen molar-refractivity contribution < 1.29 is 29.4 Å². The van der Waals surface area contributed by atoms with Crippen molar-refractivity contribution in [1.29, 1.82) is 0 Å². The summed E-state index contributed by atoms with van der Waals surface area (Å²) >= 11 is 7.86. The maximum atomic E-state index is 12.5. The van der Waals surface area contributed by atoms with Gasteiger partial charge in [0.15, 0.2) is 0 Å². The lowest BCUT2D eigenvalue weighted by atomic mass is 10.0. The third-order valence-corrected chi connectivity index (χ3v) is 4.22. The van der Waals surface area contributed by atoms with Crippen LogP contribution in [0.15, 0.2) is 0 Å². The number of thiol groups is 2. The van der Waals surface area contributed by atoms with Gasteiger partial charge >= 0.3 is 5.97 Å². The zero-order valence-corrected chi connectivity index (χ0v) is 17.0. The smallest absolute Gasteiger partial charge is 0.327 e. The number of rotatable bonds is 12. The van der Waals surface area contributed by atoms with E-state index in [0.29, 0.717) is 0 Å². The standard InChI is InChI=1S/C15H28N4O6S2/c1-7(2)3-9(17-12(21)8(16)4-20)13(22)18-10(5-26)14(23)19-11(6-27)15(24)25/h7-11,20,26-27H,3-6,16H2,1-2H3,(H,17,21)(H,18,22)(H,19,23)(H,24,25). The number of aliphatic carboxylic acids is 1. The molecule has 0 aliphatic rings. The zero-order valence-electron chi connectivity index (χ0n) is 15.2. The lowest BCUT2D eigenvalue weighted by molar-refractivity contribution is -0.141. The fourth-order valence-electron chi connectivity index (χ4n) is 1.99. The maximum absolute atomic E-state index is 12.5. The molecule has 10 nitrogen and oxygen atoms in total. The molecule has 7 N–H and O–H groups in total. The number of carbonyl (C=O) groups excluding carboxylic acids is 3. The molecule has 4 unspecified atom stereocenters. The minimum absolute atomic E-state index is 0.0373. The molecule has 0 saturated heterocycles. The Morgan fingerprint density at radius 2 is 1.33 bits per heavy atom. The third kappa shape index (κ3) is 9.31. The minimum Gasteiger partial charge on any atom is -0.480 e. The second kappa shape index (κ2) is 12.8. The largest absolute Gasteiger partial charge is 0.480 e. The number of aliphatic hydroxyl groups excluding tert-OH is 1. The van der Waals surface area contributed by atoms with Crippen molar-refractivity contribution in [2.75, 3.05) is 18.1 Å². The van der Waals surface area contributed by atoms with E-state index in [4.69, 9.17) is 15.9 Å². The summed E-state index contributed by atoms with van der Waals surface area (Å²) in [6.45, 7) is 3.10. The van der Waals surface area contributed by atoms with Gasteiger partial charge in [0, 0.05) is 11.5 Å². The molecule has 0 aromatic carbocycles. The van der Waals surface area contributed by atoms with Crippen molar-refractivity contribution in [3.63, 3.8) is 0 Å². The van der Waals surface area contributed by atoms with Gasteiger partial charge in [0.1, 0.15) is 24.2 Å². The van der Waals surface area contributed by atoms with Gasteiger partial charge < -0.3 is 31.9 Å². The maximum Gasteiger partial charge on any atom is 0.327 e. The van der Waals surface area contributed by atoms with E-state index in [1.165, 1.54) is 0 Å². The summed E-state index contributed by atoms with van der Waals surface area (Å²) in [6.07, 6.45) is 0.269. The minimum atomic E-state index is -1.26. The lowest BCUT2D eigenvalue weighted by Gasteiger charge is -2.25. The summed E-state index contributed by atoms with van der Waals surface area (Å²) in [5.41, 5.74) is 5.44. The van der Waals surface area contributed by atoms with Crippen molar-refractivity contribution in [1.82, 2.24) is 16.0 Å². The second-order valence-corrected chi connectivity index (χ2v) is 7.04. The highest BCUT2D eigenvalue weighted by Gasteiger charge is 2.29. The Labute approximate surface area is 168 Å². The van der Waals surface area contributed by atoms with Gasteiger partial charge in [-0.25, -0.2) is 4.79 Å². The number of nitrogens with two attached hydrogens (primary N) is 1. The molecule has 156 valence electrons. The third-order valence-electron chi connectivity index (χ3n) is 3.49. The van der Waals surface area contributed by atoms with Crippen LogP contribution >= 0.6 is 25.3 Å². The number of carboxylic acids is 1. The van der Waals surface area contributed by atoms with Crippen LogP contribution in [0.5, 0.6) is 0 Å². The Morgan fingerprint density at radius 1 is 0.889 bits per heavy atom. The molecule has 0 heterocycles. The van der Waals surface area contributed by atoms with Crippen LogP contribution in [-0.2, 0) is 19.2 Å². The van der Waals surface area contributed by atoms with Gasteiger partial charge in [-0.2, -0.15) is 25.3 Å². The van der Waals surface area contributed by atoms with E-state index in [-0.39, 0.29) is 23.8 Å². The summed E-state index contributed by atoms with van der Waals surface area (Å²) in [4.78, 5) is 47.6. The van der Waals surface area contributed by atoms with E-state index in [1.807, 2.05) is 13.8 Å². The fourth-order valence-corrected chi connectivity index (χ4v) is 2.49. The van der Waals surface area contributed by atoms with Crippen LogP contribution in [0.25, 0.3) is 0 Å². The second-order valence-electron chi connectivity index (χ2n) is 6.31. The van der Waals surface area contributed by atoms with Gasteiger partial charge in [-0.1, -0.05) is 13.8 Å². The predicted octanol–water partition coefficient (Wildman–Crippen LogP) is -2.25. The molecular weight excluding hydrogens is 396 g/mol. The molecule has 0 aromatic heterocycles. The SMILES string of the molecule is CC(C)CC(NC(=O)C(N)CO)C(=O)NC(CS)C(=O)NC(CS)C(=O)O. The van der Waals surface area contributed by atoms with Crippen LogP contribution in [0.1, 0.15) is 20.3 Å². The molecular formula is C15H28N4O6S2. The molecule has 0 fully saturated rings. The Kier molecular flexibility index (Phi) is 12.1. The van der Waals surface area contributed by atoms with Crippen LogP contribution in [0.4, 0.5) is 0 Å². The van der Waals surface area contributed by atoms with Gasteiger partial charge in [-0.15, -0.1) is 0 Å². The predicted molar refractivity (Wildman–Crippen MR) is 106 cm³/mol. The molecule has 0 radical (unpaired) electrons. The summed E-state index contributed by atoms with van der Waals surface area (Å²) in [5, 5.41) is 25.0. The number of carbonyl (C=O) groups is 4. The van der Waals surface area contributed by atoms with Crippen LogP contribution in [0.2, 0.25) is 0 Å². The number of hydrogen-bond acceptors (Lipinski definition) is 8. The Morgan fingerprint density at radius 3 is 1.74 bits per heavy atom. The molecule has 27 heavy (non-hydrogen) atoms. The van der Waals surface area contributed by atoms with E-state index < -0.39 is 54.5 Å². The number of nitrogens with one attached hydrogen (secondary N) is 3. The first kappa shape index (κ1) is 25.5. The summed E-state index contributed by atoms with van der Waals surface area (Å²) in [5.74, 6) is -3.52. The van der Waals surface area contributed by atoms with Crippen LogP contribution in [0.3, 0.4) is 0 Å². The number of amides is 3. The fraction of sp³-hybridized carbons (Fsp3) is 0.733. The van der Waals surface area contributed by atoms with Crippen molar-refractivity contribution in [2.24, 2.45) is 11.7 Å². The van der Waals surface area contributed by atoms with Gasteiger partial charge in [0.05, 0.1) is 6.61 Å². The molecule has 0 bridgehead atoms. The van der Waals surface area contributed by atoms with Gasteiger partial charge in [-0.3, -0.25) is 14.4 Å². The van der Waals surface area contributed by atoms with Crippen LogP contribution < -0.4 is 21.7 Å². The number of carboxylic acid groups (broad SMARTS) is 1. The van der Waals surface area contributed by atoms with Gasteiger partial charge in [0.2, 0.25) is 17.7 Å². The molecule has 0 aromatic rings. The molecule has 12 heteroatoms. The van der Waals surface area contributed by atoms with Crippen molar-refractivity contribution in [3.05, 3.63) is 0 Å². The molecule has 0 aliphatic heterocycles.